The maximum Gasteiger partial charge on any atom is 0.102 e. The van der Waals surface area contributed by atoms with Crippen molar-refractivity contribution >= 4 is 22.6 Å². The van der Waals surface area contributed by atoms with Crippen molar-refractivity contribution in [3.05, 3.63) is 52.0 Å². The maximum atomic E-state index is 9.21. The number of aryl methyl sites for hydroxylation is 1. The van der Waals surface area contributed by atoms with Crippen molar-refractivity contribution in [2.24, 2.45) is 5.73 Å². The first-order valence-electron chi connectivity index (χ1n) is 5.09. The summed E-state index contributed by atoms with van der Waals surface area (Å²) in [5, 5.41) is 9.21. The molecule has 17 heavy (non-hydrogen) atoms. The molecule has 0 saturated carbocycles. The second kappa shape index (κ2) is 4.81. The number of nitrogens with zero attached hydrogens (tertiary/aromatic N) is 2. The second-order valence-corrected chi connectivity index (χ2v) is 4.84. The number of thiophene rings is 1. The average molecular weight is 241 g/mol. The van der Waals surface area contributed by atoms with Gasteiger partial charge in [-0.05, 0) is 25.1 Å². The lowest BCUT2D eigenvalue weighted by Crippen LogP contribution is -1.98. The molecule has 4 heteroatoms. The van der Waals surface area contributed by atoms with Crippen molar-refractivity contribution in [1.82, 2.24) is 4.98 Å². The molecule has 2 N–H and O–H groups in total. The fraction of sp³-hybridized carbons (Fsp3) is 0.0769. The van der Waals surface area contributed by atoms with Crippen molar-refractivity contribution in [2.45, 2.75) is 6.92 Å². The Kier molecular flexibility index (Phi) is 3.22. The van der Waals surface area contributed by atoms with Gasteiger partial charge in [-0.15, -0.1) is 11.3 Å². The van der Waals surface area contributed by atoms with Crippen LogP contribution in [0.1, 0.15) is 15.3 Å². The van der Waals surface area contributed by atoms with Crippen LogP contribution in [0.3, 0.4) is 0 Å². The highest BCUT2D eigenvalue weighted by atomic mass is 32.1. The Labute approximate surface area is 104 Å². The van der Waals surface area contributed by atoms with Gasteiger partial charge in [0.2, 0.25) is 0 Å². The summed E-state index contributed by atoms with van der Waals surface area (Å²) in [6.07, 6.45) is 3.32. The molecule has 0 aliphatic carbocycles. The summed E-state index contributed by atoms with van der Waals surface area (Å²) in [6.45, 7) is 2.01. The number of allylic oxidation sites excluding steroid dienone is 1. The van der Waals surface area contributed by atoms with Crippen molar-refractivity contribution in [3.63, 3.8) is 0 Å². The number of pyridine rings is 1. The van der Waals surface area contributed by atoms with E-state index in [0.29, 0.717) is 11.3 Å². The molecule has 2 aromatic rings. The van der Waals surface area contributed by atoms with Crippen LogP contribution < -0.4 is 5.73 Å². The monoisotopic (exact) mass is 241 g/mol. The third kappa shape index (κ3) is 2.35. The van der Waals surface area contributed by atoms with Gasteiger partial charge in [0.1, 0.15) is 6.07 Å². The Morgan fingerprint density at radius 1 is 1.41 bits per heavy atom. The Bertz CT molecular complexity index is 591. The van der Waals surface area contributed by atoms with E-state index in [9.17, 15) is 5.26 Å². The van der Waals surface area contributed by atoms with Gasteiger partial charge in [-0.2, -0.15) is 5.26 Å². The van der Waals surface area contributed by atoms with Crippen LogP contribution in [0.5, 0.6) is 0 Å². The minimum absolute atomic E-state index is 0.472. The topological polar surface area (TPSA) is 62.7 Å². The van der Waals surface area contributed by atoms with Gasteiger partial charge in [-0.1, -0.05) is 6.07 Å². The summed E-state index contributed by atoms with van der Waals surface area (Å²) in [6, 6.07) is 9.70. The van der Waals surface area contributed by atoms with E-state index in [4.69, 9.17) is 5.73 Å². The molecule has 2 heterocycles. The van der Waals surface area contributed by atoms with E-state index in [1.54, 1.807) is 29.8 Å². The smallest absolute Gasteiger partial charge is 0.102 e. The van der Waals surface area contributed by atoms with Gasteiger partial charge in [0.25, 0.3) is 0 Å². The number of hydrogen-bond donors (Lipinski definition) is 1. The molecule has 0 bridgehead atoms. The van der Waals surface area contributed by atoms with E-state index in [0.717, 1.165) is 10.4 Å². The van der Waals surface area contributed by atoms with Gasteiger partial charge in [0, 0.05) is 22.8 Å². The molecular weight excluding hydrogens is 230 g/mol. The zero-order chi connectivity index (χ0) is 12.3. The Morgan fingerprint density at radius 2 is 2.24 bits per heavy atom. The first-order valence-corrected chi connectivity index (χ1v) is 5.91. The van der Waals surface area contributed by atoms with E-state index in [2.05, 4.69) is 11.1 Å². The lowest BCUT2D eigenvalue weighted by molar-refractivity contribution is 1.31. The minimum atomic E-state index is 0.472. The Morgan fingerprint density at radius 3 is 2.76 bits per heavy atom. The molecule has 0 fully saturated rings. The highest BCUT2D eigenvalue weighted by molar-refractivity contribution is 7.13. The molecule has 0 aliphatic rings. The molecule has 3 nitrogen and oxygen atoms in total. The molecule has 0 aromatic carbocycles. The highest BCUT2D eigenvalue weighted by Crippen LogP contribution is 2.26. The molecule has 2 aromatic heterocycles. The number of aromatic nitrogens is 1. The van der Waals surface area contributed by atoms with Crippen LogP contribution in [0.2, 0.25) is 0 Å². The summed E-state index contributed by atoms with van der Waals surface area (Å²) in [5.74, 6) is 0. The van der Waals surface area contributed by atoms with Crippen LogP contribution in [0, 0.1) is 18.3 Å². The number of rotatable bonds is 2. The summed E-state index contributed by atoms with van der Waals surface area (Å²) in [7, 11) is 0. The molecule has 0 saturated heterocycles. The van der Waals surface area contributed by atoms with E-state index in [1.165, 1.54) is 4.88 Å². The fourth-order valence-corrected chi connectivity index (χ4v) is 2.32. The van der Waals surface area contributed by atoms with E-state index < -0.39 is 0 Å². The molecule has 0 radical (unpaired) electrons. The largest absolute Gasteiger partial charge is 0.396 e. The molecule has 0 atom stereocenters. The van der Waals surface area contributed by atoms with Crippen LogP contribution in [-0.4, -0.2) is 4.98 Å². The number of nitrogens with two attached hydrogens (primary N) is 1. The van der Waals surface area contributed by atoms with Crippen molar-refractivity contribution in [2.75, 3.05) is 0 Å². The van der Waals surface area contributed by atoms with Crippen LogP contribution in [0.15, 0.2) is 36.7 Å². The summed E-state index contributed by atoms with van der Waals surface area (Å²) in [5.41, 5.74) is 7.77. The summed E-state index contributed by atoms with van der Waals surface area (Å²) < 4.78 is 0. The molecule has 0 aliphatic heterocycles. The van der Waals surface area contributed by atoms with Gasteiger partial charge in [0.15, 0.2) is 0 Å². The SMILES string of the molecule is Cc1ccc(/C(N)=C(/C#N)c2cccnc2)s1. The van der Waals surface area contributed by atoms with Gasteiger partial charge in [0.05, 0.1) is 16.1 Å². The van der Waals surface area contributed by atoms with Crippen molar-refractivity contribution < 1.29 is 0 Å². The zero-order valence-corrected chi connectivity index (χ0v) is 10.2. The average Bonchev–Trinajstić information content (AvgIpc) is 2.78. The van der Waals surface area contributed by atoms with Crippen LogP contribution >= 0.6 is 11.3 Å². The highest BCUT2D eigenvalue weighted by Gasteiger charge is 2.09. The van der Waals surface area contributed by atoms with Crippen LogP contribution in [0.25, 0.3) is 11.3 Å². The third-order valence-corrected chi connectivity index (χ3v) is 3.37. The van der Waals surface area contributed by atoms with Crippen molar-refractivity contribution in [1.29, 1.82) is 5.26 Å². The second-order valence-electron chi connectivity index (χ2n) is 3.55. The van der Waals surface area contributed by atoms with Crippen molar-refractivity contribution in [3.8, 4) is 6.07 Å². The van der Waals surface area contributed by atoms with Gasteiger partial charge >= 0.3 is 0 Å². The summed E-state index contributed by atoms with van der Waals surface area (Å²) >= 11 is 1.58. The maximum absolute atomic E-state index is 9.21. The quantitative estimate of drug-likeness (QED) is 0.822. The molecule has 0 unspecified atom stereocenters. The van der Waals surface area contributed by atoms with Crippen LogP contribution in [-0.2, 0) is 0 Å². The number of hydrogen-bond acceptors (Lipinski definition) is 4. The number of nitriles is 1. The lowest BCUT2D eigenvalue weighted by atomic mass is 10.1. The molecule has 0 spiro atoms. The van der Waals surface area contributed by atoms with E-state index in [1.807, 2.05) is 25.1 Å². The minimum Gasteiger partial charge on any atom is -0.396 e. The first kappa shape index (κ1) is 11.4. The zero-order valence-electron chi connectivity index (χ0n) is 9.34. The lowest BCUT2D eigenvalue weighted by Gasteiger charge is -2.03. The van der Waals surface area contributed by atoms with Crippen LogP contribution in [0.4, 0.5) is 0 Å². The first-order chi connectivity index (χ1) is 8.22. The third-order valence-electron chi connectivity index (χ3n) is 2.34. The standard InChI is InChI=1S/C13H11N3S/c1-9-4-5-12(17-9)13(15)11(7-14)10-3-2-6-16-8-10/h2-6,8H,15H2,1H3/b13-11+. The van der Waals surface area contributed by atoms with Gasteiger partial charge in [-0.3, -0.25) is 4.98 Å². The molecular formula is C13H11N3S. The van der Waals surface area contributed by atoms with E-state index in [-0.39, 0.29) is 0 Å². The van der Waals surface area contributed by atoms with Gasteiger partial charge < -0.3 is 5.73 Å². The summed E-state index contributed by atoms with van der Waals surface area (Å²) in [4.78, 5) is 6.09. The van der Waals surface area contributed by atoms with Gasteiger partial charge in [-0.25, -0.2) is 0 Å². The fourth-order valence-electron chi connectivity index (χ4n) is 1.49. The van der Waals surface area contributed by atoms with E-state index >= 15 is 0 Å². The molecule has 84 valence electrons. The Balaban J connectivity index is 2.52. The Hall–Kier alpha value is -2.12. The predicted molar refractivity (Wildman–Crippen MR) is 69.9 cm³/mol. The normalized spacial score (nSPS) is 11.8. The molecule has 0 amide bonds. The predicted octanol–water partition coefficient (Wildman–Crippen LogP) is 2.80. The molecule has 2 rings (SSSR count).